The van der Waals surface area contributed by atoms with Crippen LogP contribution in [0.2, 0.25) is 0 Å². The van der Waals surface area contributed by atoms with E-state index >= 15 is 0 Å². The molecule has 2 aliphatic rings. The summed E-state index contributed by atoms with van der Waals surface area (Å²) in [7, 11) is 0. The highest BCUT2D eigenvalue weighted by Gasteiger charge is 2.39. The molecule has 0 atom stereocenters. The lowest BCUT2D eigenvalue weighted by molar-refractivity contribution is -0.133. The highest BCUT2D eigenvalue weighted by atomic mass is 16.5. The van der Waals surface area contributed by atoms with E-state index in [0.717, 1.165) is 11.3 Å². The summed E-state index contributed by atoms with van der Waals surface area (Å²) >= 11 is 0. The van der Waals surface area contributed by atoms with Gasteiger partial charge in [0.1, 0.15) is 6.54 Å². The molecule has 5 nitrogen and oxygen atoms in total. The van der Waals surface area contributed by atoms with Crippen molar-refractivity contribution < 1.29 is 14.3 Å². The summed E-state index contributed by atoms with van der Waals surface area (Å²) in [5.41, 5.74) is 2.61. The Kier molecular flexibility index (Phi) is 4.24. The fourth-order valence-electron chi connectivity index (χ4n) is 3.34. The van der Waals surface area contributed by atoms with Crippen molar-refractivity contribution in [3.63, 3.8) is 0 Å². The van der Waals surface area contributed by atoms with E-state index in [4.69, 9.17) is 4.74 Å². The van der Waals surface area contributed by atoms with Crippen molar-refractivity contribution in [2.75, 3.05) is 16.8 Å². The quantitative estimate of drug-likeness (QED) is 0.934. The Bertz CT molecular complexity index is 785. The molecule has 1 saturated carbocycles. The summed E-state index contributed by atoms with van der Waals surface area (Å²) in [5, 5.41) is 2.81. The molecule has 0 saturated heterocycles. The zero-order valence-electron chi connectivity index (χ0n) is 13.9. The molecule has 1 aliphatic carbocycles. The predicted octanol–water partition coefficient (Wildman–Crippen LogP) is 2.97. The molecule has 0 radical (unpaired) electrons. The molecule has 0 aromatic heterocycles. The average molecular weight is 336 g/mol. The van der Waals surface area contributed by atoms with Crippen LogP contribution in [-0.4, -0.2) is 24.5 Å². The Morgan fingerprint density at radius 2 is 1.80 bits per heavy atom. The Morgan fingerprint density at radius 1 is 1.08 bits per heavy atom. The zero-order valence-corrected chi connectivity index (χ0v) is 13.9. The average Bonchev–Trinajstić information content (AvgIpc) is 2.60. The zero-order chi connectivity index (χ0) is 17.2. The molecule has 4 rings (SSSR count). The van der Waals surface area contributed by atoms with E-state index in [1.807, 2.05) is 54.6 Å². The van der Waals surface area contributed by atoms with Gasteiger partial charge < -0.3 is 15.0 Å². The molecule has 2 amide bonds. The number of anilines is 2. The van der Waals surface area contributed by atoms with Crippen molar-refractivity contribution in [1.29, 1.82) is 0 Å². The third-order valence-corrected chi connectivity index (χ3v) is 4.81. The molecule has 5 heteroatoms. The van der Waals surface area contributed by atoms with Crippen molar-refractivity contribution in [3.05, 3.63) is 60.2 Å². The predicted molar refractivity (Wildman–Crippen MR) is 95.2 cm³/mol. The van der Waals surface area contributed by atoms with Gasteiger partial charge in [-0.1, -0.05) is 42.5 Å². The topological polar surface area (TPSA) is 58.6 Å². The number of nitrogens with one attached hydrogen (secondary N) is 1. The van der Waals surface area contributed by atoms with Crippen LogP contribution in [0, 0.1) is 5.92 Å². The molecule has 1 N–H and O–H groups in total. The Morgan fingerprint density at radius 3 is 2.60 bits per heavy atom. The van der Waals surface area contributed by atoms with Crippen LogP contribution in [0.4, 0.5) is 11.4 Å². The number of nitrogens with zero attached hydrogens (tertiary/aromatic N) is 1. The number of hydrogen-bond donors (Lipinski definition) is 1. The van der Waals surface area contributed by atoms with Gasteiger partial charge in [-0.2, -0.15) is 0 Å². The number of amides is 2. The maximum absolute atomic E-state index is 12.8. The van der Waals surface area contributed by atoms with Crippen molar-refractivity contribution in [3.8, 4) is 0 Å². The van der Waals surface area contributed by atoms with E-state index in [-0.39, 0.29) is 30.4 Å². The molecule has 1 heterocycles. The van der Waals surface area contributed by atoms with Gasteiger partial charge in [-0.15, -0.1) is 0 Å². The lowest BCUT2D eigenvalue weighted by atomic mass is 9.81. The van der Waals surface area contributed by atoms with Gasteiger partial charge >= 0.3 is 0 Å². The fourth-order valence-corrected chi connectivity index (χ4v) is 3.34. The van der Waals surface area contributed by atoms with Gasteiger partial charge in [0.2, 0.25) is 11.8 Å². The summed E-state index contributed by atoms with van der Waals surface area (Å²) in [6, 6.07) is 17.4. The van der Waals surface area contributed by atoms with Crippen LogP contribution < -0.4 is 10.2 Å². The van der Waals surface area contributed by atoms with Gasteiger partial charge in [0.05, 0.1) is 24.1 Å². The second-order valence-corrected chi connectivity index (χ2v) is 6.58. The van der Waals surface area contributed by atoms with Gasteiger partial charge in [-0.3, -0.25) is 9.59 Å². The normalized spacial score (nSPS) is 21.9. The summed E-state index contributed by atoms with van der Waals surface area (Å²) in [5.74, 6) is -0.204. The van der Waals surface area contributed by atoms with E-state index < -0.39 is 0 Å². The SMILES string of the molecule is O=C1CN(C(=O)C2CC(OCc3ccccc3)C2)c2ccccc2N1. The molecule has 0 bridgehead atoms. The second kappa shape index (κ2) is 6.69. The fraction of sp³-hybridized carbons (Fsp3) is 0.300. The number of ether oxygens (including phenoxy) is 1. The highest BCUT2D eigenvalue weighted by Crippen LogP contribution is 2.36. The summed E-state index contributed by atoms with van der Waals surface area (Å²) in [6.07, 6.45) is 1.54. The van der Waals surface area contributed by atoms with Crippen LogP contribution in [0.25, 0.3) is 0 Å². The first-order valence-electron chi connectivity index (χ1n) is 8.56. The lowest BCUT2D eigenvalue weighted by Gasteiger charge is -2.38. The van der Waals surface area contributed by atoms with Crippen molar-refractivity contribution in [1.82, 2.24) is 0 Å². The van der Waals surface area contributed by atoms with Gasteiger partial charge in [0.25, 0.3) is 0 Å². The molecule has 0 spiro atoms. The number of benzene rings is 2. The minimum atomic E-state index is -0.150. The minimum Gasteiger partial charge on any atom is -0.373 e. The van der Waals surface area contributed by atoms with Gasteiger partial charge in [0, 0.05) is 5.92 Å². The van der Waals surface area contributed by atoms with Crippen LogP contribution in [0.3, 0.4) is 0 Å². The van der Waals surface area contributed by atoms with E-state index in [9.17, 15) is 9.59 Å². The smallest absolute Gasteiger partial charge is 0.244 e. The molecule has 1 aliphatic heterocycles. The number of para-hydroxylation sites is 2. The summed E-state index contributed by atoms with van der Waals surface area (Å²) in [4.78, 5) is 26.3. The van der Waals surface area contributed by atoms with Crippen molar-refractivity contribution >= 4 is 23.2 Å². The van der Waals surface area contributed by atoms with E-state index in [1.54, 1.807) is 4.90 Å². The van der Waals surface area contributed by atoms with E-state index in [1.165, 1.54) is 0 Å². The van der Waals surface area contributed by atoms with Crippen LogP contribution in [-0.2, 0) is 20.9 Å². The minimum absolute atomic E-state index is 0.0156. The largest absolute Gasteiger partial charge is 0.373 e. The van der Waals surface area contributed by atoms with Crippen LogP contribution in [0.5, 0.6) is 0 Å². The van der Waals surface area contributed by atoms with Crippen molar-refractivity contribution in [2.45, 2.75) is 25.6 Å². The number of rotatable bonds is 4. The first-order valence-corrected chi connectivity index (χ1v) is 8.56. The van der Waals surface area contributed by atoms with Crippen LogP contribution in [0.15, 0.2) is 54.6 Å². The summed E-state index contributed by atoms with van der Waals surface area (Å²) in [6.45, 7) is 0.656. The van der Waals surface area contributed by atoms with Gasteiger partial charge in [0.15, 0.2) is 0 Å². The van der Waals surface area contributed by atoms with Gasteiger partial charge in [-0.25, -0.2) is 0 Å². The number of carbonyl (C=O) groups is 2. The number of fused-ring (bicyclic) bond motifs is 1. The van der Waals surface area contributed by atoms with Gasteiger partial charge in [-0.05, 0) is 30.5 Å². The Labute approximate surface area is 146 Å². The maximum Gasteiger partial charge on any atom is 0.244 e. The molecule has 0 unspecified atom stereocenters. The Balaban J connectivity index is 1.35. The van der Waals surface area contributed by atoms with Crippen LogP contribution in [0.1, 0.15) is 18.4 Å². The standard InChI is InChI=1S/C20H20N2O3/c23-19-12-22(18-9-5-4-8-17(18)21-19)20(24)15-10-16(11-15)25-13-14-6-2-1-3-7-14/h1-9,15-16H,10-13H2,(H,21,23). The molecular formula is C20H20N2O3. The first kappa shape index (κ1) is 15.8. The van der Waals surface area contributed by atoms with Crippen molar-refractivity contribution in [2.24, 2.45) is 5.92 Å². The molecule has 1 fully saturated rings. The number of carbonyl (C=O) groups excluding carboxylic acids is 2. The monoisotopic (exact) mass is 336 g/mol. The Hall–Kier alpha value is -2.66. The third kappa shape index (κ3) is 3.28. The van der Waals surface area contributed by atoms with E-state index in [0.29, 0.717) is 25.1 Å². The molecule has 128 valence electrons. The summed E-state index contributed by atoms with van der Waals surface area (Å²) < 4.78 is 5.87. The molecular weight excluding hydrogens is 316 g/mol. The maximum atomic E-state index is 12.8. The molecule has 25 heavy (non-hydrogen) atoms. The first-order chi connectivity index (χ1) is 12.2. The third-order valence-electron chi connectivity index (χ3n) is 4.81. The lowest BCUT2D eigenvalue weighted by Crippen LogP contribution is -2.49. The second-order valence-electron chi connectivity index (χ2n) is 6.58. The highest BCUT2D eigenvalue weighted by molar-refractivity contribution is 6.10. The molecule has 2 aromatic rings. The van der Waals surface area contributed by atoms with E-state index in [2.05, 4.69) is 5.32 Å². The molecule has 2 aromatic carbocycles. The van der Waals surface area contributed by atoms with Crippen LogP contribution >= 0.6 is 0 Å². The number of hydrogen-bond acceptors (Lipinski definition) is 3.